The lowest BCUT2D eigenvalue weighted by Gasteiger charge is -2.19. The molecule has 6 nitrogen and oxygen atoms in total. The smallest absolute Gasteiger partial charge is 0.407 e. The van der Waals surface area contributed by atoms with Crippen molar-refractivity contribution in [1.82, 2.24) is 10.3 Å². The van der Waals surface area contributed by atoms with E-state index in [1.807, 2.05) is 32.9 Å². The zero-order valence-corrected chi connectivity index (χ0v) is 12.5. The van der Waals surface area contributed by atoms with Crippen LogP contribution in [0.25, 0.3) is 0 Å². The Morgan fingerprint density at radius 2 is 2.10 bits per heavy atom. The van der Waals surface area contributed by atoms with E-state index in [2.05, 4.69) is 15.6 Å². The van der Waals surface area contributed by atoms with Crippen LogP contribution in [-0.2, 0) is 4.74 Å². The van der Waals surface area contributed by atoms with E-state index >= 15 is 0 Å². The van der Waals surface area contributed by atoms with Gasteiger partial charge in [-0.15, -0.1) is 0 Å². The summed E-state index contributed by atoms with van der Waals surface area (Å²) >= 11 is 0. The number of pyridine rings is 1. The van der Waals surface area contributed by atoms with Crippen LogP contribution in [0.15, 0.2) is 18.3 Å². The topological polar surface area (TPSA) is 72.5 Å². The molecule has 6 heteroatoms. The maximum Gasteiger partial charge on any atom is 0.407 e. The number of nitrogens with one attached hydrogen (secondary N) is 2. The van der Waals surface area contributed by atoms with Crippen LogP contribution in [-0.4, -0.2) is 36.9 Å². The maximum atomic E-state index is 11.4. The molecule has 112 valence electrons. The van der Waals surface area contributed by atoms with Gasteiger partial charge in [-0.2, -0.15) is 0 Å². The lowest BCUT2D eigenvalue weighted by molar-refractivity contribution is 0.0528. The lowest BCUT2D eigenvalue weighted by atomic mass is 10.2. The number of methoxy groups -OCH3 is 1. The van der Waals surface area contributed by atoms with Gasteiger partial charge in [-0.3, -0.25) is 0 Å². The van der Waals surface area contributed by atoms with Gasteiger partial charge in [-0.1, -0.05) is 0 Å². The van der Waals surface area contributed by atoms with Crippen molar-refractivity contribution in [3.8, 4) is 5.88 Å². The van der Waals surface area contributed by atoms with Crippen LogP contribution in [0.5, 0.6) is 5.88 Å². The second kappa shape index (κ2) is 7.57. The molecule has 0 fully saturated rings. The van der Waals surface area contributed by atoms with E-state index in [4.69, 9.17) is 9.47 Å². The largest absolute Gasteiger partial charge is 0.481 e. The summed E-state index contributed by atoms with van der Waals surface area (Å²) in [7, 11) is 1.58. The molecule has 1 rings (SSSR count). The molecule has 1 amide bonds. The van der Waals surface area contributed by atoms with Gasteiger partial charge in [0.1, 0.15) is 5.60 Å². The third kappa shape index (κ3) is 6.82. The van der Waals surface area contributed by atoms with E-state index in [1.165, 1.54) is 0 Å². The number of hydrogen-bond donors (Lipinski definition) is 2. The van der Waals surface area contributed by atoms with Crippen LogP contribution in [0.1, 0.15) is 27.2 Å². The molecule has 0 saturated carbocycles. The maximum absolute atomic E-state index is 11.4. The molecule has 0 atom stereocenters. The summed E-state index contributed by atoms with van der Waals surface area (Å²) in [5.74, 6) is 0.571. The fourth-order valence-electron chi connectivity index (χ4n) is 1.46. The first-order chi connectivity index (χ1) is 9.40. The molecule has 0 aliphatic rings. The minimum absolute atomic E-state index is 0.386. The number of anilines is 1. The van der Waals surface area contributed by atoms with Crippen LogP contribution in [0.2, 0.25) is 0 Å². The van der Waals surface area contributed by atoms with Gasteiger partial charge in [0.25, 0.3) is 0 Å². The summed E-state index contributed by atoms with van der Waals surface area (Å²) in [5.41, 5.74) is 0.477. The number of aromatic nitrogens is 1. The number of amides is 1. The Morgan fingerprint density at radius 1 is 1.35 bits per heavy atom. The monoisotopic (exact) mass is 281 g/mol. The molecule has 20 heavy (non-hydrogen) atoms. The predicted octanol–water partition coefficient (Wildman–Crippen LogP) is 2.42. The van der Waals surface area contributed by atoms with Gasteiger partial charge >= 0.3 is 6.09 Å². The van der Waals surface area contributed by atoms with Crippen molar-refractivity contribution < 1.29 is 14.3 Å². The molecule has 0 bridgehead atoms. The number of carbonyl (C=O) groups excluding carboxylic acids is 1. The quantitative estimate of drug-likeness (QED) is 0.783. The average Bonchev–Trinajstić information content (AvgIpc) is 2.36. The SMILES string of the molecule is COc1cc(NCCCNC(=O)OC(C)(C)C)ccn1. The van der Waals surface area contributed by atoms with E-state index in [1.54, 1.807) is 13.3 Å². The summed E-state index contributed by atoms with van der Waals surface area (Å²) in [5, 5.41) is 5.94. The number of rotatable bonds is 6. The Bertz CT molecular complexity index is 430. The molecule has 0 saturated heterocycles. The summed E-state index contributed by atoms with van der Waals surface area (Å²) in [6.07, 6.45) is 2.09. The highest BCUT2D eigenvalue weighted by atomic mass is 16.6. The predicted molar refractivity (Wildman–Crippen MR) is 78.1 cm³/mol. The third-order valence-electron chi connectivity index (χ3n) is 2.29. The fourth-order valence-corrected chi connectivity index (χ4v) is 1.46. The van der Waals surface area contributed by atoms with Crippen molar-refractivity contribution in [3.05, 3.63) is 18.3 Å². The van der Waals surface area contributed by atoms with E-state index in [0.717, 1.165) is 18.7 Å². The number of ether oxygens (including phenoxy) is 2. The van der Waals surface area contributed by atoms with Crippen molar-refractivity contribution in [2.24, 2.45) is 0 Å². The molecule has 2 N–H and O–H groups in total. The molecular weight excluding hydrogens is 258 g/mol. The average molecular weight is 281 g/mol. The first-order valence-corrected chi connectivity index (χ1v) is 6.61. The Labute approximate surface area is 119 Å². The van der Waals surface area contributed by atoms with Crippen molar-refractivity contribution in [3.63, 3.8) is 0 Å². The first kappa shape index (κ1) is 16.1. The van der Waals surface area contributed by atoms with Crippen LogP contribution in [0.3, 0.4) is 0 Å². The van der Waals surface area contributed by atoms with Crippen LogP contribution in [0.4, 0.5) is 10.5 Å². The minimum Gasteiger partial charge on any atom is -0.481 e. The molecular formula is C14H23N3O3. The Balaban J connectivity index is 2.17. The zero-order chi connectivity index (χ0) is 15.0. The number of nitrogens with zero attached hydrogens (tertiary/aromatic N) is 1. The normalized spacial score (nSPS) is 10.8. The van der Waals surface area contributed by atoms with Gasteiger partial charge in [0.15, 0.2) is 0 Å². The molecule has 1 heterocycles. The van der Waals surface area contributed by atoms with Crippen molar-refractivity contribution in [2.45, 2.75) is 32.8 Å². The van der Waals surface area contributed by atoms with Crippen molar-refractivity contribution in [1.29, 1.82) is 0 Å². The summed E-state index contributed by atoms with van der Waals surface area (Å²) in [6.45, 7) is 6.81. The highest BCUT2D eigenvalue weighted by Crippen LogP contribution is 2.12. The van der Waals surface area contributed by atoms with E-state index in [-0.39, 0.29) is 6.09 Å². The third-order valence-corrected chi connectivity index (χ3v) is 2.29. The Hall–Kier alpha value is -1.98. The van der Waals surface area contributed by atoms with Gasteiger partial charge in [0.2, 0.25) is 5.88 Å². The van der Waals surface area contributed by atoms with Gasteiger partial charge in [-0.25, -0.2) is 9.78 Å². The second-order valence-electron chi connectivity index (χ2n) is 5.30. The standard InChI is InChI=1S/C14H23N3O3/c1-14(2,3)20-13(18)17-8-5-7-15-11-6-9-16-12(10-11)19-4/h6,9-10H,5,7-8H2,1-4H3,(H,15,16)(H,17,18). The van der Waals surface area contributed by atoms with Gasteiger partial charge in [0.05, 0.1) is 7.11 Å². The van der Waals surface area contributed by atoms with Crippen molar-refractivity contribution >= 4 is 11.8 Å². The molecule has 0 aromatic carbocycles. The van der Waals surface area contributed by atoms with Crippen LogP contribution in [0, 0.1) is 0 Å². The number of hydrogen-bond acceptors (Lipinski definition) is 5. The minimum atomic E-state index is -0.462. The molecule has 0 aliphatic carbocycles. The second-order valence-corrected chi connectivity index (χ2v) is 5.30. The molecule has 1 aromatic heterocycles. The summed E-state index contributed by atoms with van der Waals surface area (Å²) in [4.78, 5) is 15.4. The first-order valence-electron chi connectivity index (χ1n) is 6.61. The fraction of sp³-hybridized carbons (Fsp3) is 0.571. The molecule has 1 aromatic rings. The summed E-state index contributed by atoms with van der Waals surface area (Å²) in [6, 6.07) is 3.69. The molecule has 0 spiro atoms. The van der Waals surface area contributed by atoms with E-state index in [9.17, 15) is 4.79 Å². The highest BCUT2D eigenvalue weighted by Gasteiger charge is 2.15. The van der Waals surface area contributed by atoms with Crippen molar-refractivity contribution in [2.75, 3.05) is 25.5 Å². The van der Waals surface area contributed by atoms with Gasteiger partial charge < -0.3 is 20.1 Å². The molecule has 0 aliphatic heterocycles. The van der Waals surface area contributed by atoms with Crippen LogP contribution < -0.4 is 15.4 Å². The highest BCUT2D eigenvalue weighted by molar-refractivity contribution is 5.67. The number of carbonyl (C=O) groups is 1. The summed E-state index contributed by atoms with van der Waals surface area (Å²) < 4.78 is 10.2. The Morgan fingerprint density at radius 3 is 2.75 bits per heavy atom. The zero-order valence-electron chi connectivity index (χ0n) is 12.5. The lowest BCUT2D eigenvalue weighted by Crippen LogP contribution is -2.33. The van der Waals surface area contributed by atoms with Crippen LogP contribution >= 0.6 is 0 Å². The number of alkyl carbamates (subject to hydrolysis) is 1. The van der Waals surface area contributed by atoms with Gasteiger partial charge in [0, 0.05) is 31.0 Å². The Kier molecular flexibility index (Phi) is 6.09. The molecule has 0 unspecified atom stereocenters. The van der Waals surface area contributed by atoms with Gasteiger partial charge in [-0.05, 0) is 33.3 Å². The van der Waals surface area contributed by atoms with E-state index < -0.39 is 5.60 Å². The van der Waals surface area contributed by atoms with E-state index in [0.29, 0.717) is 12.4 Å². The molecule has 0 radical (unpaired) electrons.